The monoisotopic (exact) mass is 403 g/mol. The van der Waals surface area contributed by atoms with Gasteiger partial charge in [0.15, 0.2) is 5.65 Å². The quantitative estimate of drug-likeness (QED) is 0.361. The number of para-hydroxylation sites is 1. The number of fused-ring (bicyclic) bond motifs is 1. The highest BCUT2D eigenvalue weighted by molar-refractivity contribution is 8.00. The first-order valence-electron chi connectivity index (χ1n) is 9.28. The van der Waals surface area contributed by atoms with Crippen molar-refractivity contribution < 1.29 is 4.79 Å². The molecule has 0 bridgehead atoms. The van der Waals surface area contributed by atoms with Gasteiger partial charge in [-0.2, -0.15) is 5.10 Å². The maximum Gasteiger partial charge on any atom is 0.233 e. The van der Waals surface area contributed by atoms with E-state index >= 15 is 0 Å². The van der Waals surface area contributed by atoms with Crippen molar-refractivity contribution in [3.05, 3.63) is 78.2 Å². The van der Waals surface area contributed by atoms with Gasteiger partial charge in [0.05, 0.1) is 23.0 Å². The summed E-state index contributed by atoms with van der Waals surface area (Å²) in [6.07, 6.45) is 3.28. The molecule has 0 saturated heterocycles. The molecule has 0 aliphatic heterocycles. The Balaban J connectivity index is 1.46. The van der Waals surface area contributed by atoms with Crippen molar-refractivity contribution >= 4 is 28.7 Å². The van der Waals surface area contributed by atoms with Gasteiger partial charge in [-0.05, 0) is 24.6 Å². The minimum Gasteiger partial charge on any atom is -0.341 e. The van der Waals surface area contributed by atoms with E-state index in [0.717, 1.165) is 27.3 Å². The topological polar surface area (TPSA) is 63.9 Å². The van der Waals surface area contributed by atoms with E-state index in [4.69, 9.17) is 0 Å². The molecule has 0 radical (unpaired) electrons. The molecule has 0 unspecified atom stereocenters. The van der Waals surface area contributed by atoms with Gasteiger partial charge in [0.25, 0.3) is 0 Å². The number of benzene rings is 2. The van der Waals surface area contributed by atoms with Crippen LogP contribution in [0.25, 0.3) is 16.7 Å². The Hall–Kier alpha value is -3.19. The number of amides is 1. The molecule has 6 nitrogen and oxygen atoms in total. The van der Waals surface area contributed by atoms with Gasteiger partial charge in [-0.1, -0.05) is 59.8 Å². The van der Waals surface area contributed by atoms with Crippen LogP contribution in [-0.4, -0.2) is 43.4 Å². The van der Waals surface area contributed by atoms with Crippen LogP contribution in [0, 0.1) is 6.92 Å². The predicted octanol–water partition coefficient (Wildman–Crippen LogP) is 3.87. The maximum atomic E-state index is 12.6. The van der Waals surface area contributed by atoms with Gasteiger partial charge in [0.1, 0.15) is 11.4 Å². The predicted molar refractivity (Wildman–Crippen MR) is 115 cm³/mol. The van der Waals surface area contributed by atoms with E-state index in [0.29, 0.717) is 12.3 Å². The summed E-state index contributed by atoms with van der Waals surface area (Å²) in [5.74, 6) is 0.364. The Morgan fingerprint density at radius 3 is 2.59 bits per heavy atom. The van der Waals surface area contributed by atoms with Gasteiger partial charge >= 0.3 is 0 Å². The highest BCUT2D eigenvalue weighted by atomic mass is 32.2. The van der Waals surface area contributed by atoms with Crippen LogP contribution in [0.4, 0.5) is 0 Å². The third-order valence-corrected chi connectivity index (χ3v) is 5.62. The Labute approximate surface area is 173 Å². The third kappa shape index (κ3) is 4.30. The number of aromatic nitrogens is 4. The Kier molecular flexibility index (Phi) is 5.57. The van der Waals surface area contributed by atoms with Crippen LogP contribution in [0.15, 0.2) is 72.1 Å². The first-order valence-corrected chi connectivity index (χ1v) is 10.3. The lowest BCUT2D eigenvalue weighted by molar-refractivity contribution is -0.127. The molecule has 0 fully saturated rings. The molecule has 1 amide bonds. The smallest absolute Gasteiger partial charge is 0.233 e. The summed E-state index contributed by atoms with van der Waals surface area (Å²) in [7, 11) is 1.83. The number of hydrogen-bond acceptors (Lipinski definition) is 5. The van der Waals surface area contributed by atoms with E-state index < -0.39 is 0 Å². The molecule has 0 saturated carbocycles. The van der Waals surface area contributed by atoms with Crippen LogP contribution in [0.1, 0.15) is 11.1 Å². The molecule has 0 aliphatic carbocycles. The van der Waals surface area contributed by atoms with Gasteiger partial charge < -0.3 is 4.90 Å². The van der Waals surface area contributed by atoms with Crippen molar-refractivity contribution in [3.63, 3.8) is 0 Å². The van der Waals surface area contributed by atoms with Crippen molar-refractivity contribution in [2.45, 2.75) is 18.5 Å². The minimum absolute atomic E-state index is 0.0535. The second kappa shape index (κ2) is 8.45. The Morgan fingerprint density at radius 1 is 1.07 bits per heavy atom. The molecule has 29 heavy (non-hydrogen) atoms. The molecule has 0 spiro atoms. The highest BCUT2D eigenvalue weighted by Gasteiger charge is 2.15. The molecule has 2 aromatic carbocycles. The molecule has 2 aromatic heterocycles. The number of carbonyl (C=O) groups excluding carboxylic acids is 1. The highest BCUT2D eigenvalue weighted by Crippen LogP contribution is 2.26. The van der Waals surface area contributed by atoms with Crippen molar-refractivity contribution in [2.24, 2.45) is 0 Å². The first-order chi connectivity index (χ1) is 14.1. The lowest BCUT2D eigenvalue weighted by atomic mass is 10.1. The van der Waals surface area contributed by atoms with Gasteiger partial charge in [-0.25, -0.2) is 14.6 Å². The number of nitrogens with zero attached hydrogens (tertiary/aromatic N) is 5. The average molecular weight is 404 g/mol. The summed E-state index contributed by atoms with van der Waals surface area (Å²) in [4.78, 5) is 23.1. The van der Waals surface area contributed by atoms with Crippen LogP contribution in [0.3, 0.4) is 0 Å². The largest absolute Gasteiger partial charge is 0.341 e. The fourth-order valence-electron chi connectivity index (χ4n) is 2.99. The zero-order valence-electron chi connectivity index (χ0n) is 16.3. The van der Waals surface area contributed by atoms with Crippen molar-refractivity contribution in [1.29, 1.82) is 0 Å². The van der Waals surface area contributed by atoms with E-state index in [2.05, 4.69) is 46.3 Å². The van der Waals surface area contributed by atoms with Crippen LogP contribution >= 0.6 is 11.8 Å². The fraction of sp³-hybridized carbons (Fsp3) is 0.182. The van der Waals surface area contributed by atoms with Gasteiger partial charge in [-0.15, -0.1) is 0 Å². The van der Waals surface area contributed by atoms with Crippen LogP contribution in [-0.2, 0) is 11.3 Å². The zero-order valence-corrected chi connectivity index (χ0v) is 17.1. The summed E-state index contributed by atoms with van der Waals surface area (Å²) in [5.41, 5.74) is 3.99. The SMILES string of the molecule is Cc1ccc(CN(C)C(=O)CSc2ncnc3c2cnn3-c2ccccc2)cc1. The molecule has 7 heteroatoms. The second-order valence-electron chi connectivity index (χ2n) is 6.83. The first kappa shape index (κ1) is 19.1. The summed E-state index contributed by atoms with van der Waals surface area (Å²) in [6, 6.07) is 18.1. The van der Waals surface area contributed by atoms with Crippen molar-refractivity contribution in [1.82, 2.24) is 24.6 Å². The van der Waals surface area contributed by atoms with Crippen molar-refractivity contribution in [2.75, 3.05) is 12.8 Å². The molecule has 0 atom stereocenters. The van der Waals surface area contributed by atoms with E-state index in [9.17, 15) is 4.79 Å². The molecule has 4 aromatic rings. The van der Waals surface area contributed by atoms with Gasteiger partial charge in [-0.3, -0.25) is 4.79 Å². The van der Waals surface area contributed by atoms with Gasteiger partial charge in [0.2, 0.25) is 5.91 Å². The Morgan fingerprint density at radius 2 is 1.83 bits per heavy atom. The lowest BCUT2D eigenvalue weighted by Crippen LogP contribution is -2.27. The fourth-order valence-corrected chi connectivity index (χ4v) is 3.89. The zero-order chi connectivity index (χ0) is 20.2. The summed E-state index contributed by atoms with van der Waals surface area (Å²) >= 11 is 1.41. The normalized spacial score (nSPS) is 11.0. The van der Waals surface area contributed by atoms with Crippen LogP contribution < -0.4 is 0 Å². The molecule has 0 N–H and O–H groups in total. The molecule has 4 rings (SSSR count). The van der Waals surface area contributed by atoms with E-state index in [-0.39, 0.29) is 5.91 Å². The summed E-state index contributed by atoms with van der Waals surface area (Å²) < 4.78 is 1.78. The summed E-state index contributed by atoms with van der Waals surface area (Å²) in [5, 5.41) is 6.06. The minimum atomic E-state index is 0.0535. The summed E-state index contributed by atoms with van der Waals surface area (Å²) in [6.45, 7) is 2.64. The molecular formula is C22H21N5OS. The Bertz CT molecular complexity index is 1130. The van der Waals surface area contributed by atoms with E-state index in [1.165, 1.54) is 23.7 Å². The third-order valence-electron chi connectivity index (χ3n) is 4.63. The number of aryl methyl sites for hydroxylation is 1. The van der Waals surface area contributed by atoms with Crippen molar-refractivity contribution in [3.8, 4) is 5.69 Å². The van der Waals surface area contributed by atoms with Crippen LogP contribution in [0.2, 0.25) is 0 Å². The molecule has 0 aliphatic rings. The van der Waals surface area contributed by atoms with Gasteiger partial charge in [0, 0.05) is 13.6 Å². The maximum absolute atomic E-state index is 12.6. The van der Waals surface area contributed by atoms with E-state index in [1.54, 1.807) is 15.8 Å². The number of carbonyl (C=O) groups is 1. The second-order valence-corrected chi connectivity index (χ2v) is 7.80. The lowest BCUT2D eigenvalue weighted by Gasteiger charge is -2.17. The molecule has 2 heterocycles. The number of thioether (sulfide) groups is 1. The molecule has 146 valence electrons. The standard InChI is InChI=1S/C22H21N5OS/c1-16-8-10-17(11-9-16)13-26(2)20(28)14-29-22-19-12-25-27(21(19)23-15-24-22)18-6-4-3-5-7-18/h3-12,15H,13-14H2,1-2H3. The molecular weight excluding hydrogens is 382 g/mol. The van der Waals surface area contributed by atoms with Crippen LogP contribution in [0.5, 0.6) is 0 Å². The van der Waals surface area contributed by atoms with E-state index in [1.807, 2.05) is 37.4 Å². The number of hydrogen-bond donors (Lipinski definition) is 0. The average Bonchev–Trinajstić information content (AvgIpc) is 3.19. The number of rotatable bonds is 6.